The van der Waals surface area contributed by atoms with Gasteiger partial charge in [-0.1, -0.05) is 36.4 Å². The van der Waals surface area contributed by atoms with E-state index in [1.54, 1.807) is 18.3 Å². The summed E-state index contributed by atoms with van der Waals surface area (Å²) in [5.74, 6) is -0.383. The molecule has 0 aliphatic carbocycles. The van der Waals surface area contributed by atoms with Gasteiger partial charge in [-0.15, -0.1) is 0 Å². The molecule has 1 saturated heterocycles. The fraction of sp³-hybridized carbons (Fsp3) is 0.286. The highest BCUT2D eigenvalue weighted by atomic mass is 16.2. The average molecular weight is 362 g/mol. The van der Waals surface area contributed by atoms with Gasteiger partial charge in [-0.2, -0.15) is 0 Å². The third-order valence-electron chi connectivity index (χ3n) is 5.08. The summed E-state index contributed by atoms with van der Waals surface area (Å²) in [4.78, 5) is 31.9. The molecule has 6 heteroatoms. The number of carbonyl (C=O) groups is 1. The van der Waals surface area contributed by atoms with Crippen molar-refractivity contribution in [3.8, 4) is 0 Å². The second-order valence-corrected chi connectivity index (χ2v) is 6.79. The summed E-state index contributed by atoms with van der Waals surface area (Å²) in [7, 11) is 0. The summed E-state index contributed by atoms with van der Waals surface area (Å²) >= 11 is 0. The lowest BCUT2D eigenvalue weighted by molar-refractivity contribution is 0.0936. The molecule has 1 aromatic carbocycles. The van der Waals surface area contributed by atoms with Gasteiger partial charge in [-0.05, 0) is 43.6 Å². The van der Waals surface area contributed by atoms with E-state index in [4.69, 9.17) is 0 Å². The Morgan fingerprint density at radius 3 is 2.59 bits per heavy atom. The lowest BCUT2D eigenvalue weighted by Crippen LogP contribution is -2.38. The molecular formula is C21H22N4O2. The van der Waals surface area contributed by atoms with Crippen molar-refractivity contribution in [3.63, 3.8) is 0 Å². The van der Waals surface area contributed by atoms with E-state index in [1.165, 1.54) is 29.0 Å². The van der Waals surface area contributed by atoms with Gasteiger partial charge in [0.2, 0.25) is 0 Å². The molecular weight excluding hydrogens is 340 g/mol. The smallest absolute Gasteiger partial charge is 0.270 e. The van der Waals surface area contributed by atoms with Crippen molar-refractivity contribution in [2.24, 2.45) is 0 Å². The Morgan fingerprint density at radius 1 is 1.07 bits per heavy atom. The highest BCUT2D eigenvalue weighted by Gasteiger charge is 2.24. The summed E-state index contributed by atoms with van der Waals surface area (Å²) in [5.41, 5.74) is 1.41. The number of amides is 1. The first-order valence-corrected chi connectivity index (χ1v) is 9.27. The van der Waals surface area contributed by atoms with Crippen LogP contribution in [0.25, 0.3) is 5.65 Å². The minimum absolute atomic E-state index is 0.0620. The molecule has 0 saturated carbocycles. The highest BCUT2D eigenvalue weighted by molar-refractivity contribution is 5.93. The van der Waals surface area contributed by atoms with Gasteiger partial charge < -0.3 is 5.32 Å². The molecule has 1 N–H and O–H groups in total. The topological polar surface area (TPSA) is 66.7 Å². The maximum atomic E-state index is 12.7. The van der Waals surface area contributed by atoms with E-state index in [1.807, 2.05) is 24.3 Å². The third-order valence-corrected chi connectivity index (χ3v) is 5.08. The number of rotatable bonds is 5. The van der Waals surface area contributed by atoms with Crippen molar-refractivity contribution >= 4 is 11.6 Å². The van der Waals surface area contributed by atoms with Crippen LogP contribution in [0.4, 0.5) is 0 Å². The molecule has 0 unspecified atom stereocenters. The summed E-state index contributed by atoms with van der Waals surface area (Å²) in [6.45, 7) is 2.50. The van der Waals surface area contributed by atoms with Crippen molar-refractivity contribution in [1.82, 2.24) is 19.6 Å². The Bertz CT molecular complexity index is 994. The van der Waals surface area contributed by atoms with Gasteiger partial charge in [0.05, 0.1) is 6.04 Å². The largest absolute Gasteiger partial charge is 0.350 e. The number of benzene rings is 1. The molecule has 2 aromatic heterocycles. The Labute approximate surface area is 157 Å². The molecule has 138 valence electrons. The van der Waals surface area contributed by atoms with Crippen LogP contribution in [0.1, 0.15) is 34.8 Å². The number of aromatic nitrogens is 2. The summed E-state index contributed by atoms with van der Waals surface area (Å²) < 4.78 is 1.39. The maximum Gasteiger partial charge on any atom is 0.270 e. The van der Waals surface area contributed by atoms with Gasteiger partial charge in [-0.25, -0.2) is 4.98 Å². The minimum Gasteiger partial charge on any atom is -0.350 e. The molecule has 6 nitrogen and oxygen atoms in total. The van der Waals surface area contributed by atoms with Gasteiger partial charge in [0.25, 0.3) is 11.5 Å². The standard InChI is InChI=1S/C21H22N4O2/c26-20(17-14-22-19-10-4-5-13-25(19)21(17)27)23-15-18(24-11-6-7-12-24)16-8-2-1-3-9-16/h1-5,8-10,13-14,18H,6-7,11-12,15H2,(H,23,26)/t18-/m0/s1. The molecule has 1 aliphatic heterocycles. The summed E-state index contributed by atoms with van der Waals surface area (Å²) in [5, 5.41) is 2.95. The number of pyridine rings is 1. The second kappa shape index (κ2) is 7.72. The van der Waals surface area contributed by atoms with Crippen molar-refractivity contribution in [2.45, 2.75) is 18.9 Å². The molecule has 4 rings (SSSR count). The molecule has 3 aromatic rings. The number of hydrogen-bond acceptors (Lipinski definition) is 4. The van der Waals surface area contributed by atoms with Crippen LogP contribution in [0.15, 0.2) is 65.7 Å². The number of likely N-dealkylation sites (tertiary alicyclic amines) is 1. The third kappa shape index (κ3) is 3.61. The predicted octanol–water partition coefficient (Wildman–Crippen LogP) is 2.26. The van der Waals surface area contributed by atoms with Crippen LogP contribution < -0.4 is 10.9 Å². The van der Waals surface area contributed by atoms with E-state index in [0.717, 1.165) is 13.1 Å². The normalized spacial score (nSPS) is 15.7. The van der Waals surface area contributed by atoms with Gasteiger partial charge in [-0.3, -0.25) is 18.9 Å². The maximum absolute atomic E-state index is 12.7. The molecule has 1 fully saturated rings. The zero-order chi connectivity index (χ0) is 18.6. The molecule has 27 heavy (non-hydrogen) atoms. The van der Waals surface area contributed by atoms with Crippen LogP contribution in [0.2, 0.25) is 0 Å². The van der Waals surface area contributed by atoms with E-state index in [-0.39, 0.29) is 23.1 Å². The van der Waals surface area contributed by atoms with Crippen molar-refractivity contribution in [2.75, 3.05) is 19.6 Å². The molecule has 1 aliphatic rings. The van der Waals surface area contributed by atoms with E-state index < -0.39 is 0 Å². The Hall–Kier alpha value is -2.99. The number of hydrogen-bond donors (Lipinski definition) is 1. The Balaban J connectivity index is 1.55. The van der Waals surface area contributed by atoms with Gasteiger partial charge in [0, 0.05) is 18.9 Å². The van der Waals surface area contributed by atoms with E-state index in [2.05, 4.69) is 27.3 Å². The zero-order valence-electron chi connectivity index (χ0n) is 15.0. The van der Waals surface area contributed by atoms with Crippen LogP contribution in [0, 0.1) is 0 Å². The minimum atomic E-state index is -0.383. The van der Waals surface area contributed by atoms with Gasteiger partial charge >= 0.3 is 0 Å². The first-order chi connectivity index (χ1) is 13.2. The zero-order valence-corrected chi connectivity index (χ0v) is 15.0. The quantitative estimate of drug-likeness (QED) is 0.756. The van der Waals surface area contributed by atoms with Crippen LogP contribution >= 0.6 is 0 Å². The Kier molecular flexibility index (Phi) is 4.98. The van der Waals surface area contributed by atoms with Crippen LogP contribution in [-0.4, -0.2) is 39.8 Å². The van der Waals surface area contributed by atoms with E-state index >= 15 is 0 Å². The first-order valence-electron chi connectivity index (χ1n) is 9.27. The first kappa shape index (κ1) is 17.4. The molecule has 0 spiro atoms. The SMILES string of the molecule is O=C(NC[C@@H](c1ccccc1)N1CCCC1)c1cnc2ccccn2c1=O. The molecule has 3 heterocycles. The van der Waals surface area contributed by atoms with Gasteiger partial charge in [0.1, 0.15) is 11.2 Å². The highest BCUT2D eigenvalue weighted by Crippen LogP contribution is 2.24. The van der Waals surface area contributed by atoms with Crippen LogP contribution in [-0.2, 0) is 0 Å². The van der Waals surface area contributed by atoms with Crippen molar-refractivity contribution in [1.29, 1.82) is 0 Å². The fourth-order valence-corrected chi connectivity index (χ4v) is 3.65. The fourth-order valence-electron chi connectivity index (χ4n) is 3.65. The van der Waals surface area contributed by atoms with Gasteiger partial charge in [0.15, 0.2) is 0 Å². The molecule has 1 amide bonds. The number of carbonyl (C=O) groups excluding carboxylic acids is 1. The second-order valence-electron chi connectivity index (χ2n) is 6.79. The monoisotopic (exact) mass is 362 g/mol. The molecule has 0 bridgehead atoms. The lowest BCUT2D eigenvalue weighted by Gasteiger charge is -2.28. The van der Waals surface area contributed by atoms with Crippen LogP contribution in [0.3, 0.4) is 0 Å². The van der Waals surface area contributed by atoms with Crippen molar-refractivity contribution < 1.29 is 4.79 Å². The lowest BCUT2D eigenvalue weighted by atomic mass is 10.1. The number of nitrogens with zero attached hydrogens (tertiary/aromatic N) is 3. The van der Waals surface area contributed by atoms with Crippen LogP contribution in [0.5, 0.6) is 0 Å². The summed E-state index contributed by atoms with van der Waals surface area (Å²) in [6, 6.07) is 15.6. The number of nitrogens with one attached hydrogen (secondary N) is 1. The van der Waals surface area contributed by atoms with Crippen molar-refractivity contribution in [3.05, 3.63) is 82.4 Å². The Morgan fingerprint density at radius 2 is 1.81 bits per heavy atom. The molecule has 0 radical (unpaired) electrons. The van der Waals surface area contributed by atoms with E-state index in [0.29, 0.717) is 12.2 Å². The van der Waals surface area contributed by atoms with E-state index in [9.17, 15) is 9.59 Å². The predicted molar refractivity (Wildman–Crippen MR) is 104 cm³/mol. The average Bonchev–Trinajstić information content (AvgIpc) is 3.24. The summed E-state index contributed by atoms with van der Waals surface area (Å²) in [6.07, 6.45) is 5.33. The number of fused-ring (bicyclic) bond motifs is 1. The molecule has 1 atom stereocenters.